The third-order valence-electron chi connectivity index (χ3n) is 3.36. The zero-order valence-electron chi connectivity index (χ0n) is 10.7. The van der Waals surface area contributed by atoms with Crippen LogP contribution in [0.3, 0.4) is 0 Å². The van der Waals surface area contributed by atoms with Gasteiger partial charge in [-0.3, -0.25) is 0 Å². The van der Waals surface area contributed by atoms with Crippen molar-refractivity contribution in [3.05, 3.63) is 35.1 Å². The van der Waals surface area contributed by atoms with Crippen LogP contribution in [-0.2, 0) is 4.79 Å². The third-order valence-corrected chi connectivity index (χ3v) is 3.36. The molecule has 1 aliphatic heterocycles. The lowest BCUT2D eigenvalue weighted by Gasteiger charge is -2.28. The first kappa shape index (κ1) is 13.5. The van der Waals surface area contributed by atoms with Crippen LogP contribution < -0.4 is 4.74 Å². The lowest BCUT2D eigenvalue weighted by atomic mass is 9.97. The number of carboxylic acids is 1. The van der Waals surface area contributed by atoms with E-state index in [1.165, 1.54) is 12.3 Å². The fourth-order valence-electron chi connectivity index (χ4n) is 2.39. The van der Waals surface area contributed by atoms with E-state index in [0.717, 1.165) is 6.08 Å². The molecule has 2 heterocycles. The van der Waals surface area contributed by atoms with E-state index >= 15 is 0 Å². The quantitative estimate of drug-likeness (QED) is 0.875. The lowest BCUT2D eigenvalue weighted by Crippen LogP contribution is -2.40. The van der Waals surface area contributed by atoms with Crippen molar-refractivity contribution in [1.29, 1.82) is 0 Å². The molecule has 1 aromatic carbocycles. The van der Waals surface area contributed by atoms with Crippen LogP contribution in [0, 0.1) is 6.92 Å². The Hall–Kier alpha value is -2.44. The molecule has 2 aromatic rings. The molecule has 0 saturated heterocycles. The molecule has 1 aliphatic rings. The zero-order chi connectivity index (χ0) is 15.4. The molecule has 0 fully saturated rings. The fourth-order valence-corrected chi connectivity index (χ4v) is 2.39. The SMILES string of the molecule is Cc1c2c(cc3occc13)C=C(C(=O)O)C(C(F)(F)F)O2. The highest BCUT2D eigenvalue weighted by Gasteiger charge is 2.48. The topological polar surface area (TPSA) is 59.7 Å². The smallest absolute Gasteiger partial charge is 0.430 e. The highest BCUT2D eigenvalue weighted by molar-refractivity contribution is 5.97. The Morgan fingerprint density at radius 2 is 2.10 bits per heavy atom. The zero-order valence-corrected chi connectivity index (χ0v) is 10.7. The first-order valence-electron chi connectivity index (χ1n) is 5.98. The molecule has 0 saturated carbocycles. The Kier molecular flexibility index (Phi) is 2.76. The number of aliphatic carboxylic acids is 1. The standard InChI is InChI=1S/C14H9F3O4/c1-6-8-2-3-20-10(8)5-7-4-9(13(18)19)12(14(15,16)17)21-11(6)7/h2-5,12H,1H3,(H,18,19). The van der Waals surface area contributed by atoms with Crippen LogP contribution in [0.4, 0.5) is 13.2 Å². The van der Waals surface area contributed by atoms with Gasteiger partial charge in [0.1, 0.15) is 11.3 Å². The number of furan rings is 1. The summed E-state index contributed by atoms with van der Waals surface area (Å²) < 4.78 is 49.1. The van der Waals surface area contributed by atoms with Gasteiger partial charge >= 0.3 is 12.1 Å². The van der Waals surface area contributed by atoms with Crippen LogP contribution in [0.1, 0.15) is 11.1 Å². The monoisotopic (exact) mass is 298 g/mol. The second-order valence-electron chi connectivity index (χ2n) is 4.70. The molecule has 1 unspecified atom stereocenters. The maximum atomic E-state index is 13.0. The summed E-state index contributed by atoms with van der Waals surface area (Å²) in [5.41, 5.74) is 0.348. The molecule has 1 aromatic heterocycles. The highest BCUT2D eigenvalue weighted by atomic mass is 19.4. The number of alkyl halides is 3. The van der Waals surface area contributed by atoms with Crippen molar-refractivity contribution >= 4 is 23.0 Å². The lowest BCUT2D eigenvalue weighted by molar-refractivity contribution is -0.187. The summed E-state index contributed by atoms with van der Waals surface area (Å²) >= 11 is 0. The van der Waals surface area contributed by atoms with Gasteiger partial charge in [0.2, 0.25) is 6.10 Å². The fraction of sp³-hybridized carbons (Fsp3) is 0.214. The Morgan fingerprint density at radius 3 is 2.71 bits per heavy atom. The number of aryl methyl sites for hydroxylation is 1. The van der Waals surface area contributed by atoms with Crippen molar-refractivity contribution in [1.82, 2.24) is 0 Å². The van der Waals surface area contributed by atoms with Gasteiger partial charge in [0.15, 0.2) is 0 Å². The van der Waals surface area contributed by atoms with Gasteiger partial charge in [-0.1, -0.05) is 0 Å². The predicted molar refractivity (Wildman–Crippen MR) is 67.0 cm³/mol. The van der Waals surface area contributed by atoms with Gasteiger partial charge in [0.05, 0.1) is 11.8 Å². The molecule has 1 atom stereocenters. The molecule has 0 amide bonds. The Balaban J connectivity index is 2.25. The normalized spacial score (nSPS) is 18.1. The average Bonchev–Trinajstić information content (AvgIpc) is 2.84. The number of carboxylic acid groups (broad SMARTS) is 1. The van der Waals surface area contributed by atoms with E-state index < -0.39 is 23.8 Å². The van der Waals surface area contributed by atoms with Gasteiger partial charge in [-0.05, 0) is 25.1 Å². The van der Waals surface area contributed by atoms with E-state index in [1.807, 2.05) is 0 Å². The summed E-state index contributed by atoms with van der Waals surface area (Å²) in [6, 6.07) is 3.08. The second-order valence-corrected chi connectivity index (χ2v) is 4.70. The molecule has 1 N–H and O–H groups in total. The van der Waals surface area contributed by atoms with Gasteiger partial charge in [-0.2, -0.15) is 13.2 Å². The van der Waals surface area contributed by atoms with Crippen LogP contribution in [-0.4, -0.2) is 23.4 Å². The maximum absolute atomic E-state index is 13.0. The van der Waals surface area contributed by atoms with Crippen molar-refractivity contribution in [2.45, 2.75) is 19.2 Å². The summed E-state index contributed by atoms with van der Waals surface area (Å²) in [6.45, 7) is 1.60. The molecule has 3 rings (SSSR count). The number of rotatable bonds is 1. The van der Waals surface area contributed by atoms with Crippen LogP contribution in [0.2, 0.25) is 0 Å². The molecule has 0 spiro atoms. The number of benzene rings is 1. The van der Waals surface area contributed by atoms with E-state index in [0.29, 0.717) is 16.5 Å². The number of hydrogen-bond donors (Lipinski definition) is 1. The molecule has 0 radical (unpaired) electrons. The molecule has 7 heteroatoms. The number of carbonyl (C=O) groups is 1. The van der Waals surface area contributed by atoms with E-state index in [-0.39, 0.29) is 11.3 Å². The van der Waals surface area contributed by atoms with Crippen molar-refractivity contribution in [2.24, 2.45) is 0 Å². The van der Waals surface area contributed by atoms with Crippen molar-refractivity contribution in [2.75, 3.05) is 0 Å². The Morgan fingerprint density at radius 1 is 1.38 bits per heavy atom. The Labute approximate surface area is 116 Å². The molecule has 0 bridgehead atoms. The van der Waals surface area contributed by atoms with Gasteiger partial charge in [-0.15, -0.1) is 0 Å². The summed E-state index contributed by atoms with van der Waals surface area (Å²) in [7, 11) is 0. The van der Waals surface area contributed by atoms with E-state index in [1.54, 1.807) is 13.0 Å². The van der Waals surface area contributed by atoms with E-state index in [9.17, 15) is 18.0 Å². The number of halogens is 3. The Bertz CT molecular complexity index is 770. The first-order chi connectivity index (χ1) is 9.79. The van der Waals surface area contributed by atoms with Crippen LogP contribution in [0.15, 0.2) is 28.4 Å². The molecular weight excluding hydrogens is 289 g/mol. The summed E-state index contributed by atoms with van der Waals surface area (Å²) in [6.07, 6.45) is -4.90. The summed E-state index contributed by atoms with van der Waals surface area (Å²) in [4.78, 5) is 11.0. The second kappa shape index (κ2) is 4.28. The molecule has 0 aliphatic carbocycles. The minimum absolute atomic E-state index is 0.0243. The highest BCUT2D eigenvalue weighted by Crippen LogP contribution is 2.41. The maximum Gasteiger partial charge on any atom is 0.430 e. The van der Waals surface area contributed by atoms with Crippen molar-refractivity contribution in [3.8, 4) is 5.75 Å². The van der Waals surface area contributed by atoms with E-state index in [2.05, 4.69) is 0 Å². The number of hydrogen-bond acceptors (Lipinski definition) is 3. The molecular formula is C14H9F3O4. The van der Waals surface area contributed by atoms with Crippen molar-refractivity contribution < 1.29 is 32.2 Å². The first-order valence-corrected chi connectivity index (χ1v) is 5.98. The van der Waals surface area contributed by atoms with Crippen LogP contribution in [0.5, 0.6) is 5.75 Å². The summed E-state index contributed by atoms with van der Waals surface area (Å²) in [5.74, 6) is -1.64. The van der Waals surface area contributed by atoms with Crippen LogP contribution in [0.25, 0.3) is 17.0 Å². The average molecular weight is 298 g/mol. The van der Waals surface area contributed by atoms with Gasteiger partial charge in [-0.25, -0.2) is 4.79 Å². The van der Waals surface area contributed by atoms with Gasteiger partial charge in [0.25, 0.3) is 0 Å². The van der Waals surface area contributed by atoms with Gasteiger partial charge < -0.3 is 14.3 Å². The number of ether oxygens (including phenoxy) is 1. The number of fused-ring (bicyclic) bond motifs is 2. The summed E-state index contributed by atoms with van der Waals surface area (Å²) in [5, 5.41) is 9.60. The molecule has 21 heavy (non-hydrogen) atoms. The molecule has 110 valence electrons. The minimum atomic E-state index is -4.81. The van der Waals surface area contributed by atoms with Crippen molar-refractivity contribution in [3.63, 3.8) is 0 Å². The third kappa shape index (κ3) is 2.05. The molecule has 4 nitrogen and oxygen atoms in total. The van der Waals surface area contributed by atoms with Gasteiger partial charge in [0, 0.05) is 16.5 Å². The predicted octanol–water partition coefficient (Wildman–Crippen LogP) is 3.53. The van der Waals surface area contributed by atoms with Crippen LogP contribution >= 0.6 is 0 Å². The largest absolute Gasteiger partial charge is 0.478 e. The van der Waals surface area contributed by atoms with E-state index in [4.69, 9.17) is 14.3 Å². The minimum Gasteiger partial charge on any atom is -0.478 e.